The van der Waals surface area contributed by atoms with Crippen molar-refractivity contribution in [2.75, 3.05) is 69.7 Å². The molecule has 2 aromatic heterocycles. The maximum atomic E-state index is 15.6. The topological polar surface area (TPSA) is 178 Å². The first-order valence-corrected chi connectivity index (χ1v) is 18.1. The molecule has 1 amide bonds. The minimum Gasteiger partial charge on any atom is -0.493 e. The molecule has 2 aliphatic heterocycles. The van der Waals surface area contributed by atoms with Gasteiger partial charge in [0.15, 0.2) is 11.5 Å². The molecule has 15 nitrogen and oxygen atoms in total. The maximum absolute atomic E-state index is 15.6. The van der Waals surface area contributed by atoms with Crippen LogP contribution in [0.2, 0.25) is 0 Å². The van der Waals surface area contributed by atoms with Crippen molar-refractivity contribution >= 4 is 51.6 Å². The lowest BCUT2D eigenvalue weighted by atomic mass is 10.1. The number of hydrogen-bond donors (Lipinski definition) is 2. The van der Waals surface area contributed by atoms with Crippen molar-refractivity contribution in [2.45, 2.75) is 25.3 Å². The number of rotatable bonds is 11. The van der Waals surface area contributed by atoms with Gasteiger partial charge >= 0.3 is 5.97 Å². The third kappa shape index (κ3) is 6.61. The predicted octanol–water partition coefficient (Wildman–Crippen LogP) is 4.41. The Bertz CT molecular complexity index is 2470. The summed E-state index contributed by atoms with van der Waals surface area (Å²) in [6.07, 6.45) is 5.06. The van der Waals surface area contributed by atoms with Crippen LogP contribution in [0.4, 0.5) is 27.5 Å². The number of aromatic nitrogens is 3. The van der Waals surface area contributed by atoms with E-state index in [4.69, 9.17) is 19.9 Å². The van der Waals surface area contributed by atoms with Gasteiger partial charge in [-0.25, -0.2) is 19.2 Å². The molecule has 56 heavy (non-hydrogen) atoms. The highest BCUT2D eigenvalue weighted by atomic mass is 19.1. The Morgan fingerprint density at radius 1 is 0.982 bits per heavy atom. The van der Waals surface area contributed by atoms with Crippen LogP contribution in [0.1, 0.15) is 45.9 Å². The van der Waals surface area contributed by atoms with Gasteiger partial charge in [-0.1, -0.05) is 18.2 Å². The number of para-hydroxylation sites is 1. The molecule has 0 unspecified atom stereocenters. The minimum atomic E-state index is -1.33. The number of pyridine rings is 1. The second-order valence-corrected chi connectivity index (χ2v) is 13.9. The number of nitrogens with zero attached hydrogens (tertiary/aromatic N) is 7. The molecule has 1 aliphatic carbocycles. The van der Waals surface area contributed by atoms with Crippen LogP contribution in [0.5, 0.6) is 17.2 Å². The summed E-state index contributed by atoms with van der Waals surface area (Å²) >= 11 is 0. The van der Waals surface area contributed by atoms with Crippen LogP contribution in [-0.2, 0) is 11.2 Å². The number of piperazine rings is 1. The lowest BCUT2D eigenvalue weighted by Gasteiger charge is -2.38. The van der Waals surface area contributed by atoms with Gasteiger partial charge in [0.05, 0.1) is 44.9 Å². The number of methoxy groups -OCH3 is 3. The van der Waals surface area contributed by atoms with Gasteiger partial charge < -0.3 is 34.5 Å². The highest BCUT2D eigenvalue weighted by Gasteiger charge is 2.36. The van der Waals surface area contributed by atoms with Gasteiger partial charge in [0, 0.05) is 67.5 Å². The van der Waals surface area contributed by atoms with E-state index in [2.05, 4.69) is 19.9 Å². The van der Waals surface area contributed by atoms with Gasteiger partial charge in [-0.15, -0.1) is 0 Å². The molecule has 8 rings (SSSR count). The van der Waals surface area contributed by atoms with Crippen LogP contribution in [0.3, 0.4) is 0 Å². The Labute approximate surface area is 320 Å². The highest BCUT2D eigenvalue weighted by molar-refractivity contribution is 6.54. The molecule has 3 aliphatic rings. The molecule has 0 radical (unpaired) electrons. The lowest BCUT2D eigenvalue weighted by molar-refractivity contribution is -0.112. The van der Waals surface area contributed by atoms with Crippen molar-refractivity contribution < 1.29 is 33.3 Å². The predicted molar refractivity (Wildman–Crippen MR) is 208 cm³/mol. The molecule has 1 saturated carbocycles. The Morgan fingerprint density at radius 3 is 2.34 bits per heavy atom. The van der Waals surface area contributed by atoms with Gasteiger partial charge in [-0.3, -0.25) is 19.4 Å². The maximum Gasteiger partial charge on any atom is 0.341 e. The second-order valence-electron chi connectivity index (χ2n) is 13.9. The molecule has 2 fully saturated rings. The number of aliphatic imine (C=N–C) groups is 1. The number of nitrogens with two attached hydrogens (primary N) is 1. The van der Waals surface area contributed by atoms with Gasteiger partial charge in [0.2, 0.25) is 11.2 Å². The van der Waals surface area contributed by atoms with Gasteiger partial charge in [0.25, 0.3) is 11.9 Å². The third-order valence-electron chi connectivity index (χ3n) is 10.4. The first-order valence-electron chi connectivity index (χ1n) is 18.1. The SMILES string of the molecule is COc1cc(Cc2cnc(/N=C3\C(=O)N(CN4CCN(c5cc6c(cc5F)c(=O)c(C(=O)O)cn6C5CC5)CC4)c4ccccc43)nc2N)cc(OC)c1OC. The minimum absolute atomic E-state index is 0.0495. The number of amides is 1. The average Bonchev–Trinajstić information content (AvgIpc) is 4.02. The Kier molecular flexibility index (Phi) is 9.49. The first kappa shape index (κ1) is 36.4. The number of benzene rings is 3. The molecule has 288 valence electrons. The molecule has 0 spiro atoms. The largest absolute Gasteiger partial charge is 0.493 e. The third-order valence-corrected chi connectivity index (χ3v) is 10.4. The van der Waals surface area contributed by atoms with Crippen molar-refractivity contribution in [3.8, 4) is 17.2 Å². The number of ether oxygens (including phenoxy) is 3. The standard InChI is InChI=1S/C40H39FN8O7/c1-54-32-15-22(16-33(55-2)36(32)56-3)14-23-19-43-40(45-37(23)42)44-34-25-6-4-5-7-29(25)49(38(34)51)21-46-10-12-47(13-11-46)31-18-30-26(17-28(31)41)35(50)27(39(52)53)20-48(30)24-8-9-24/h4-7,15-20,24H,8-14,21H2,1-3H3,(H,52,53)(H2,42,43,45)/b44-34-. The number of carbonyl (C=O) groups is 2. The molecule has 5 aromatic rings. The molecule has 16 heteroatoms. The number of halogens is 1. The summed E-state index contributed by atoms with van der Waals surface area (Å²) in [6, 6.07) is 13.9. The average molecular weight is 763 g/mol. The Morgan fingerprint density at radius 2 is 1.70 bits per heavy atom. The van der Waals surface area contributed by atoms with E-state index in [1.165, 1.54) is 13.3 Å². The van der Waals surface area contributed by atoms with Crippen LogP contribution >= 0.6 is 0 Å². The zero-order valence-corrected chi connectivity index (χ0v) is 31.0. The Hall–Kier alpha value is -6.55. The van der Waals surface area contributed by atoms with Gasteiger partial charge in [-0.05, 0) is 48.7 Å². The number of nitrogen functional groups attached to an aromatic ring is 1. The normalized spacial score (nSPS) is 16.4. The highest BCUT2D eigenvalue weighted by Crippen LogP contribution is 2.40. The fourth-order valence-corrected chi connectivity index (χ4v) is 7.41. The fourth-order valence-electron chi connectivity index (χ4n) is 7.41. The van der Waals surface area contributed by atoms with Crippen molar-refractivity contribution in [2.24, 2.45) is 4.99 Å². The number of aromatic carboxylic acids is 1. The van der Waals surface area contributed by atoms with Crippen LogP contribution in [0.25, 0.3) is 10.9 Å². The lowest BCUT2D eigenvalue weighted by Crippen LogP contribution is -2.51. The molecule has 3 aromatic carbocycles. The molecular formula is C40H39FN8O7. The van der Waals surface area contributed by atoms with E-state index in [0.29, 0.717) is 77.9 Å². The number of anilines is 3. The number of fused-ring (bicyclic) bond motifs is 2. The van der Waals surface area contributed by atoms with Crippen molar-refractivity contribution in [1.82, 2.24) is 19.4 Å². The molecule has 4 heterocycles. The van der Waals surface area contributed by atoms with E-state index in [0.717, 1.165) is 24.5 Å². The first-order chi connectivity index (χ1) is 27.1. The summed E-state index contributed by atoms with van der Waals surface area (Å²) in [4.78, 5) is 57.8. The van der Waals surface area contributed by atoms with Crippen molar-refractivity contribution in [3.63, 3.8) is 0 Å². The summed E-state index contributed by atoms with van der Waals surface area (Å²) < 4.78 is 33.8. The quantitative estimate of drug-likeness (QED) is 0.194. The van der Waals surface area contributed by atoms with Crippen LogP contribution in [0, 0.1) is 5.82 Å². The zero-order chi connectivity index (χ0) is 39.2. The van der Waals surface area contributed by atoms with E-state index in [9.17, 15) is 19.5 Å². The van der Waals surface area contributed by atoms with Gasteiger partial charge in [0.1, 0.15) is 22.9 Å². The Balaban J connectivity index is 0.982. The zero-order valence-electron chi connectivity index (χ0n) is 31.0. The molecule has 1 saturated heterocycles. The molecular weight excluding hydrogens is 723 g/mol. The summed E-state index contributed by atoms with van der Waals surface area (Å²) in [7, 11) is 4.63. The van der Waals surface area contributed by atoms with Crippen molar-refractivity contribution in [1.29, 1.82) is 0 Å². The summed E-state index contributed by atoms with van der Waals surface area (Å²) in [6.45, 7) is 2.25. The van der Waals surface area contributed by atoms with E-state index in [1.807, 2.05) is 41.3 Å². The smallest absolute Gasteiger partial charge is 0.341 e. The molecule has 0 bridgehead atoms. The van der Waals surface area contributed by atoms with Gasteiger partial charge in [-0.2, -0.15) is 4.98 Å². The van der Waals surface area contributed by atoms with Crippen LogP contribution in [-0.4, -0.2) is 96.3 Å². The van der Waals surface area contributed by atoms with Crippen LogP contribution in [0.15, 0.2) is 70.7 Å². The number of carboxylic acids is 1. The number of carboxylic acid groups (broad SMARTS) is 1. The summed E-state index contributed by atoms with van der Waals surface area (Å²) in [5.74, 6) is -0.474. The van der Waals surface area contributed by atoms with E-state index < -0.39 is 17.2 Å². The number of carbonyl (C=O) groups excluding carboxylic acids is 1. The molecule has 3 N–H and O–H groups in total. The second kappa shape index (κ2) is 14.6. The monoisotopic (exact) mass is 762 g/mol. The molecule has 0 atom stereocenters. The van der Waals surface area contributed by atoms with E-state index in [1.54, 1.807) is 35.9 Å². The fraction of sp³-hybridized carbons (Fsp3) is 0.300. The van der Waals surface area contributed by atoms with E-state index >= 15 is 4.39 Å². The van der Waals surface area contributed by atoms with Crippen molar-refractivity contribution in [3.05, 3.63) is 99.2 Å². The van der Waals surface area contributed by atoms with E-state index in [-0.39, 0.29) is 47.0 Å². The van der Waals surface area contributed by atoms with Crippen LogP contribution < -0.4 is 35.2 Å². The summed E-state index contributed by atoms with van der Waals surface area (Å²) in [5, 5.41) is 9.64. The number of hydrogen-bond acceptors (Lipinski definition) is 12. The summed E-state index contributed by atoms with van der Waals surface area (Å²) in [5.41, 5.74) is 9.21.